The number of hydrogen-bond donors (Lipinski definition) is 0. The number of esters is 2. The number of rotatable bonds is 3. The van der Waals surface area contributed by atoms with E-state index in [4.69, 9.17) is 9.47 Å². The first-order valence-corrected chi connectivity index (χ1v) is 12.8. The van der Waals surface area contributed by atoms with Crippen LogP contribution < -0.4 is 4.74 Å². The maximum atomic E-state index is 13.0. The van der Waals surface area contributed by atoms with E-state index in [0.717, 1.165) is 38.5 Å². The van der Waals surface area contributed by atoms with E-state index in [1.807, 2.05) is 45.0 Å². The summed E-state index contributed by atoms with van der Waals surface area (Å²) in [6, 6.07) is 15.3. The topological polar surface area (TPSA) is 52.6 Å². The zero-order chi connectivity index (χ0) is 24.1. The number of hydrogen-bond acceptors (Lipinski definition) is 4. The summed E-state index contributed by atoms with van der Waals surface area (Å²) in [6.45, 7) is 8.22. The second kappa shape index (κ2) is 8.55. The van der Waals surface area contributed by atoms with Crippen molar-refractivity contribution in [3.8, 4) is 5.75 Å². The minimum Gasteiger partial charge on any atom is -0.460 e. The van der Waals surface area contributed by atoms with E-state index in [1.54, 1.807) is 12.1 Å². The molecule has 0 aliphatic heterocycles. The summed E-state index contributed by atoms with van der Waals surface area (Å²) in [6.07, 6.45) is 6.36. The molecule has 2 aromatic rings. The van der Waals surface area contributed by atoms with Gasteiger partial charge in [0.2, 0.25) is 0 Å². The van der Waals surface area contributed by atoms with Gasteiger partial charge in [-0.3, -0.25) is 4.79 Å². The molecular weight excluding hydrogens is 424 g/mol. The Hall–Kier alpha value is -2.62. The number of ether oxygens (including phenoxy) is 2. The van der Waals surface area contributed by atoms with Crippen LogP contribution in [-0.2, 0) is 16.0 Å². The predicted molar refractivity (Wildman–Crippen MR) is 132 cm³/mol. The molecule has 0 N–H and O–H groups in total. The molecule has 5 rings (SSSR count). The molecule has 5 atom stereocenters. The third kappa shape index (κ3) is 4.16. The van der Waals surface area contributed by atoms with E-state index >= 15 is 0 Å². The van der Waals surface area contributed by atoms with E-state index in [0.29, 0.717) is 29.1 Å². The second-order valence-corrected chi connectivity index (χ2v) is 11.7. The van der Waals surface area contributed by atoms with Gasteiger partial charge in [0.1, 0.15) is 11.4 Å². The molecule has 3 aliphatic rings. The van der Waals surface area contributed by atoms with Crippen LogP contribution in [0, 0.1) is 23.2 Å². The first kappa shape index (κ1) is 23.1. The summed E-state index contributed by atoms with van der Waals surface area (Å²) < 4.78 is 11.5. The summed E-state index contributed by atoms with van der Waals surface area (Å²) >= 11 is 0. The molecule has 180 valence electrons. The van der Waals surface area contributed by atoms with Gasteiger partial charge in [-0.2, -0.15) is 0 Å². The highest BCUT2D eigenvalue weighted by Gasteiger charge is 2.57. The van der Waals surface area contributed by atoms with Crippen molar-refractivity contribution < 1.29 is 19.1 Å². The largest absolute Gasteiger partial charge is 0.460 e. The van der Waals surface area contributed by atoms with Gasteiger partial charge >= 0.3 is 11.9 Å². The normalized spacial score (nSPS) is 30.0. The van der Waals surface area contributed by atoms with Gasteiger partial charge in [0.25, 0.3) is 0 Å². The van der Waals surface area contributed by atoms with Crippen LogP contribution in [0.3, 0.4) is 0 Å². The molecule has 0 bridgehead atoms. The number of carbonyl (C=O) groups is 2. The highest BCUT2D eigenvalue weighted by Crippen LogP contribution is 2.63. The SMILES string of the molecule is CC(C)(C)OC(=O)[C@H]1CC[C@H]2[C@@H]3CCc4cc(OC(=O)c5ccccc5)ccc4[C@H]3CC[C@]12C. The fourth-order valence-corrected chi connectivity index (χ4v) is 7.12. The minimum atomic E-state index is -0.436. The zero-order valence-corrected chi connectivity index (χ0v) is 20.8. The maximum Gasteiger partial charge on any atom is 0.343 e. The number of fused-ring (bicyclic) bond motifs is 5. The van der Waals surface area contributed by atoms with Gasteiger partial charge in [0, 0.05) is 0 Å². The molecule has 4 nitrogen and oxygen atoms in total. The summed E-state index contributed by atoms with van der Waals surface area (Å²) in [5, 5.41) is 0. The Kier molecular flexibility index (Phi) is 5.82. The third-order valence-corrected chi connectivity index (χ3v) is 8.61. The predicted octanol–water partition coefficient (Wildman–Crippen LogP) is 6.72. The van der Waals surface area contributed by atoms with E-state index < -0.39 is 5.60 Å². The molecule has 3 aliphatic carbocycles. The summed E-state index contributed by atoms with van der Waals surface area (Å²) in [7, 11) is 0. The number of carbonyl (C=O) groups excluding carboxylic acids is 2. The Bertz CT molecular complexity index is 1080. The quantitative estimate of drug-likeness (QED) is 0.377. The van der Waals surface area contributed by atoms with Crippen molar-refractivity contribution in [2.45, 2.75) is 77.7 Å². The van der Waals surface area contributed by atoms with Crippen LogP contribution in [0.4, 0.5) is 0 Å². The Labute approximate surface area is 203 Å². The smallest absolute Gasteiger partial charge is 0.343 e. The standard InChI is InChI=1S/C30H36O4/c1-29(2,3)34-28(32)26-15-14-25-24-12-10-20-18-21(33-27(31)19-8-6-5-7-9-19)11-13-22(20)23(24)16-17-30(25,26)4/h5-9,11,13,18,23-26H,10,12,14-17H2,1-4H3/t23-,24-,25+,26-,30+/m1/s1. The molecule has 0 amide bonds. The lowest BCUT2D eigenvalue weighted by Crippen LogP contribution is -2.45. The second-order valence-electron chi connectivity index (χ2n) is 11.7. The van der Waals surface area contributed by atoms with Crippen LogP contribution in [0.2, 0.25) is 0 Å². The Morgan fingerprint density at radius 1 is 0.971 bits per heavy atom. The molecule has 0 heterocycles. The van der Waals surface area contributed by atoms with Gasteiger partial charge in [0.05, 0.1) is 11.5 Å². The van der Waals surface area contributed by atoms with Crippen LogP contribution in [-0.4, -0.2) is 17.5 Å². The van der Waals surface area contributed by atoms with Crippen molar-refractivity contribution in [2.75, 3.05) is 0 Å². The number of benzene rings is 2. The van der Waals surface area contributed by atoms with Gasteiger partial charge in [-0.05, 0) is 118 Å². The van der Waals surface area contributed by atoms with E-state index in [1.165, 1.54) is 11.1 Å². The highest BCUT2D eigenvalue weighted by molar-refractivity contribution is 5.91. The van der Waals surface area contributed by atoms with Crippen molar-refractivity contribution in [1.82, 2.24) is 0 Å². The summed E-state index contributed by atoms with van der Waals surface area (Å²) in [5.74, 6) is 2.01. The first-order chi connectivity index (χ1) is 16.2. The molecule has 0 radical (unpaired) electrons. The minimum absolute atomic E-state index is 0.00275. The van der Waals surface area contributed by atoms with Crippen molar-refractivity contribution in [3.05, 3.63) is 65.2 Å². The van der Waals surface area contributed by atoms with Crippen LogP contribution in [0.15, 0.2) is 48.5 Å². The van der Waals surface area contributed by atoms with Crippen LogP contribution >= 0.6 is 0 Å². The molecule has 2 saturated carbocycles. The average Bonchev–Trinajstić information content (AvgIpc) is 3.15. The van der Waals surface area contributed by atoms with E-state index in [-0.39, 0.29) is 23.3 Å². The van der Waals surface area contributed by atoms with Crippen LogP contribution in [0.25, 0.3) is 0 Å². The van der Waals surface area contributed by atoms with Crippen molar-refractivity contribution in [2.24, 2.45) is 23.2 Å². The van der Waals surface area contributed by atoms with Crippen molar-refractivity contribution in [1.29, 1.82) is 0 Å². The van der Waals surface area contributed by atoms with E-state index in [9.17, 15) is 9.59 Å². The Morgan fingerprint density at radius 2 is 1.74 bits per heavy atom. The molecule has 4 heteroatoms. The first-order valence-electron chi connectivity index (χ1n) is 12.8. The van der Waals surface area contributed by atoms with E-state index in [2.05, 4.69) is 19.1 Å². The summed E-state index contributed by atoms with van der Waals surface area (Å²) in [5.41, 5.74) is 2.89. The molecule has 2 aromatic carbocycles. The fraction of sp³-hybridized carbons (Fsp3) is 0.533. The molecule has 0 spiro atoms. The van der Waals surface area contributed by atoms with Gasteiger partial charge in [-0.1, -0.05) is 31.2 Å². The third-order valence-electron chi connectivity index (χ3n) is 8.61. The van der Waals surface area contributed by atoms with Crippen LogP contribution in [0.1, 0.15) is 87.2 Å². The molecule has 0 saturated heterocycles. The molecule has 2 fully saturated rings. The number of aryl methyl sites for hydroxylation is 1. The zero-order valence-electron chi connectivity index (χ0n) is 20.8. The van der Waals surface area contributed by atoms with Crippen LogP contribution in [0.5, 0.6) is 5.75 Å². The van der Waals surface area contributed by atoms with Crippen molar-refractivity contribution >= 4 is 11.9 Å². The summed E-state index contributed by atoms with van der Waals surface area (Å²) in [4.78, 5) is 25.5. The van der Waals surface area contributed by atoms with Crippen molar-refractivity contribution in [3.63, 3.8) is 0 Å². The Balaban J connectivity index is 1.32. The maximum absolute atomic E-state index is 13.0. The lowest BCUT2D eigenvalue weighted by atomic mass is 9.54. The molecule has 0 unspecified atom stereocenters. The van der Waals surface area contributed by atoms with Gasteiger partial charge in [-0.25, -0.2) is 4.79 Å². The lowest BCUT2D eigenvalue weighted by molar-refractivity contribution is -0.165. The highest BCUT2D eigenvalue weighted by atomic mass is 16.6. The lowest BCUT2D eigenvalue weighted by Gasteiger charge is -2.50. The molecular formula is C30H36O4. The molecule has 34 heavy (non-hydrogen) atoms. The molecule has 0 aromatic heterocycles. The monoisotopic (exact) mass is 460 g/mol. The fourth-order valence-electron chi connectivity index (χ4n) is 7.12. The Morgan fingerprint density at radius 3 is 2.47 bits per heavy atom. The average molecular weight is 461 g/mol. The van der Waals surface area contributed by atoms with Gasteiger partial charge < -0.3 is 9.47 Å². The van der Waals surface area contributed by atoms with Gasteiger partial charge in [0.15, 0.2) is 0 Å². The van der Waals surface area contributed by atoms with Gasteiger partial charge in [-0.15, -0.1) is 0 Å².